The zero-order valence-electron chi connectivity index (χ0n) is 8.04. The van der Waals surface area contributed by atoms with Gasteiger partial charge in [0.15, 0.2) is 0 Å². The van der Waals surface area contributed by atoms with Gasteiger partial charge < -0.3 is 0 Å². The Morgan fingerprint density at radius 3 is 1.31 bits per heavy atom. The molecule has 8 nitrogen and oxygen atoms in total. The fourth-order valence-electron chi connectivity index (χ4n) is 0.468. The molecule has 0 aromatic rings. The normalized spacial score (nSPS) is 17.1. The topological polar surface area (TPSA) is 151 Å². The Kier molecular flexibility index (Phi) is 9.81. The van der Waals surface area contributed by atoms with Crippen LogP contribution < -0.4 is 0 Å². The average molecular weight is 718 g/mol. The summed E-state index contributed by atoms with van der Waals surface area (Å²) in [6.45, 7) is 3.16. The van der Waals surface area contributed by atoms with Crippen molar-refractivity contribution in [2.75, 3.05) is 0 Å². The van der Waals surface area contributed by atoms with Gasteiger partial charge in [-0.1, -0.05) is 0 Å². The van der Waals surface area contributed by atoms with E-state index in [2.05, 4.69) is 0 Å². The fourth-order valence-corrected chi connectivity index (χ4v) is 44.5. The second-order valence-electron chi connectivity index (χ2n) is 2.33. The monoisotopic (exact) mass is 718 g/mol. The van der Waals surface area contributed by atoms with Crippen LogP contribution in [0.5, 0.6) is 0 Å². The van der Waals surface area contributed by atoms with E-state index in [1.165, 1.54) is 0 Å². The van der Waals surface area contributed by atoms with Crippen molar-refractivity contribution in [3.8, 4) is 0 Å². The SMILES string of the molecule is CC(C)OI(O)S(I(O)O)(I(O)O)I(O)O. The molecule has 0 amide bonds. The minimum atomic E-state index is -3.92. The van der Waals surface area contributed by atoms with Crippen LogP contribution in [0.25, 0.3) is 0 Å². The van der Waals surface area contributed by atoms with Crippen molar-refractivity contribution >= 4 is 75.8 Å². The fraction of sp³-hybridized carbons (Fsp3) is 1.00. The van der Waals surface area contributed by atoms with Crippen LogP contribution in [0, 0.1) is 0 Å². The maximum absolute atomic E-state index is 9.77. The summed E-state index contributed by atoms with van der Waals surface area (Å²) in [4.78, 5) is 0. The molecule has 0 heterocycles. The van der Waals surface area contributed by atoms with Gasteiger partial charge in [0.1, 0.15) is 0 Å². The number of hydrogen-bond acceptors (Lipinski definition) is 8. The van der Waals surface area contributed by atoms with Crippen LogP contribution in [-0.4, -0.2) is 30.2 Å². The van der Waals surface area contributed by atoms with E-state index in [1.54, 1.807) is 13.8 Å². The van der Waals surface area contributed by atoms with Gasteiger partial charge in [0, 0.05) is 0 Å². The second-order valence-corrected chi connectivity index (χ2v) is 61.9. The standard InChI is InChI=1S/C3H14I4O8S/c1-3(2)15-7(14)16(4(8)9,5(10)11)6(12)13/h3,8-14H,1-2H3. The third-order valence-electron chi connectivity index (χ3n) is 0.874. The van der Waals surface area contributed by atoms with Crippen molar-refractivity contribution < 1.29 is 27.1 Å². The van der Waals surface area contributed by atoms with Gasteiger partial charge in [-0.3, -0.25) is 0 Å². The maximum atomic E-state index is 9.77. The molecule has 108 valence electrons. The van der Waals surface area contributed by atoms with E-state index in [4.69, 9.17) is 3.07 Å². The Morgan fingerprint density at radius 1 is 0.812 bits per heavy atom. The van der Waals surface area contributed by atoms with Gasteiger partial charge in [-0.25, -0.2) is 0 Å². The van der Waals surface area contributed by atoms with Crippen LogP contribution in [-0.2, 0) is 3.07 Å². The Bertz CT molecular complexity index is 192. The third-order valence-corrected chi connectivity index (χ3v) is 85.8. The third kappa shape index (κ3) is 4.50. The van der Waals surface area contributed by atoms with Crippen molar-refractivity contribution in [1.82, 2.24) is 0 Å². The quantitative estimate of drug-likeness (QED) is 0.203. The zero-order valence-corrected chi connectivity index (χ0v) is 17.5. The summed E-state index contributed by atoms with van der Waals surface area (Å²) in [7, 11) is 0. The molecule has 0 radical (unpaired) electrons. The molecule has 0 unspecified atom stereocenters. The van der Waals surface area contributed by atoms with E-state index in [-0.39, 0.29) is 0 Å². The molecule has 0 aliphatic carbocycles. The first-order valence-electron chi connectivity index (χ1n) is 3.35. The predicted molar refractivity (Wildman–Crippen MR) is 95.4 cm³/mol. The van der Waals surface area contributed by atoms with E-state index >= 15 is 0 Å². The van der Waals surface area contributed by atoms with Crippen LogP contribution in [0.1, 0.15) is 13.8 Å². The van der Waals surface area contributed by atoms with Crippen molar-refractivity contribution in [2.45, 2.75) is 20.0 Å². The first-order chi connectivity index (χ1) is 7.17. The number of rotatable bonds is 6. The van der Waals surface area contributed by atoms with Crippen molar-refractivity contribution in [2.24, 2.45) is 0 Å². The molecule has 0 bridgehead atoms. The van der Waals surface area contributed by atoms with Gasteiger partial charge >= 0.3 is 123 Å². The summed E-state index contributed by atoms with van der Waals surface area (Å²) in [5.74, 6) is 0. The summed E-state index contributed by atoms with van der Waals surface area (Å²) in [5.41, 5.74) is 0. The van der Waals surface area contributed by atoms with Crippen LogP contribution in [0.2, 0.25) is 0 Å². The predicted octanol–water partition coefficient (Wildman–Crippen LogP) is 1.17. The van der Waals surface area contributed by atoms with E-state index < -0.39 is 81.9 Å². The number of hydrogen-bond donors (Lipinski definition) is 7. The molecule has 0 rings (SSSR count). The molecule has 0 fully saturated rings. The average Bonchev–Trinajstić information content (AvgIpc) is 1.99. The molecule has 0 atom stereocenters. The number of halogens is 4. The van der Waals surface area contributed by atoms with Crippen LogP contribution in [0.15, 0.2) is 0 Å². The summed E-state index contributed by atoms with van der Waals surface area (Å²) in [6.07, 6.45) is -0.440. The first-order valence-corrected chi connectivity index (χ1v) is 22.8. The van der Waals surface area contributed by atoms with Crippen molar-refractivity contribution in [1.29, 1.82) is 0 Å². The molecule has 0 saturated carbocycles. The van der Waals surface area contributed by atoms with Crippen LogP contribution in [0.3, 0.4) is 0 Å². The molecule has 13 heteroatoms. The summed E-state index contributed by atoms with van der Waals surface area (Å²) in [6, 6.07) is 0. The van der Waals surface area contributed by atoms with E-state index in [0.717, 1.165) is 0 Å². The van der Waals surface area contributed by atoms with Crippen molar-refractivity contribution in [3.63, 3.8) is 0 Å². The summed E-state index contributed by atoms with van der Waals surface area (Å²) >= 11 is -15.3. The molecular weight excluding hydrogens is 704 g/mol. The second kappa shape index (κ2) is 8.28. The van der Waals surface area contributed by atoms with E-state index in [0.29, 0.717) is 0 Å². The molecule has 0 saturated heterocycles. The molecular formula is C3H14I4O8S. The Hall–Kier alpha value is 2.95. The Labute approximate surface area is 120 Å². The van der Waals surface area contributed by atoms with Gasteiger partial charge in [-0.15, -0.1) is 0 Å². The molecule has 7 N–H and O–H groups in total. The molecule has 0 aromatic heterocycles. The van der Waals surface area contributed by atoms with Gasteiger partial charge in [0.05, 0.1) is 0 Å². The molecule has 0 aromatic carbocycles. The van der Waals surface area contributed by atoms with Gasteiger partial charge in [-0.2, -0.15) is 0 Å². The van der Waals surface area contributed by atoms with E-state index in [1.807, 2.05) is 0 Å². The van der Waals surface area contributed by atoms with Gasteiger partial charge in [0.2, 0.25) is 0 Å². The summed E-state index contributed by atoms with van der Waals surface area (Å²) in [5, 5.41) is 0. The molecule has 0 spiro atoms. The first kappa shape index (κ1) is 18.9. The zero-order chi connectivity index (χ0) is 13.1. The van der Waals surface area contributed by atoms with Gasteiger partial charge in [0.25, 0.3) is 0 Å². The Balaban J connectivity index is 5.18. The molecule has 16 heavy (non-hydrogen) atoms. The molecule has 0 aliphatic heterocycles. The Morgan fingerprint density at radius 2 is 1.12 bits per heavy atom. The molecule has 0 aliphatic rings. The van der Waals surface area contributed by atoms with Crippen LogP contribution >= 0.6 is 75.8 Å². The van der Waals surface area contributed by atoms with Crippen molar-refractivity contribution in [3.05, 3.63) is 0 Å². The van der Waals surface area contributed by atoms with Crippen LogP contribution in [0.4, 0.5) is 0 Å². The van der Waals surface area contributed by atoms with Gasteiger partial charge in [-0.05, 0) is 0 Å². The summed E-state index contributed by atoms with van der Waals surface area (Å²) < 4.78 is 67.2. The minimum absolute atomic E-state index is 0.440. The van der Waals surface area contributed by atoms with E-state index in [9.17, 15) is 24.1 Å².